The topological polar surface area (TPSA) is 73.9 Å². The van der Waals surface area contributed by atoms with Gasteiger partial charge in [0.2, 0.25) is 0 Å². The molecule has 0 heterocycles. The van der Waals surface area contributed by atoms with Crippen LogP contribution in [0.1, 0.15) is 12.0 Å². The molecular weight excluding hydrogens is 341 g/mol. The quantitative estimate of drug-likeness (QED) is 0.732. The van der Waals surface area contributed by atoms with Crippen LogP contribution in [-0.4, -0.2) is 32.7 Å². The van der Waals surface area contributed by atoms with Crippen LogP contribution in [0.3, 0.4) is 0 Å². The van der Waals surface area contributed by atoms with Crippen LogP contribution in [0.5, 0.6) is 11.5 Å². The van der Waals surface area contributed by atoms with E-state index >= 15 is 0 Å². The van der Waals surface area contributed by atoms with E-state index in [9.17, 15) is 14.0 Å². The predicted molar refractivity (Wildman–Crippen MR) is 93.9 cm³/mol. The number of methoxy groups -OCH3 is 2. The molecule has 0 spiro atoms. The van der Waals surface area contributed by atoms with Crippen molar-refractivity contribution in [2.24, 2.45) is 0 Å². The van der Waals surface area contributed by atoms with Gasteiger partial charge in [-0.2, -0.15) is 0 Å². The lowest BCUT2D eigenvalue weighted by Crippen LogP contribution is -2.21. The van der Waals surface area contributed by atoms with E-state index in [1.54, 1.807) is 25.3 Å². The molecule has 6 nitrogen and oxygen atoms in total. The number of carbonyl (C=O) groups excluding carboxylic acids is 2. The van der Waals surface area contributed by atoms with Crippen molar-refractivity contribution in [1.29, 1.82) is 0 Å². The monoisotopic (exact) mass is 361 g/mol. The fourth-order valence-corrected chi connectivity index (χ4v) is 2.25. The Kier molecular flexibility index (Phi) is 6.96. The van der Waals surface area contributed by atoms with E-state index in [0.717, 1.165) is 5.56 Å². The molecule has 0 atom stereocenters. The van der Waals surface area contributed by atoms with Gasteiger partial charge in [0.05, 0.1) is 19.9 Å². The van der Waals surface area contributed by atoms with Crippen LogP contribution in [0.2, 0.25) is 0 Å². The van der Waals surface area contributed by atoms with Crippen LogP contribution < -0.4 is 14.8 Å². The van der Waals surface area contributed by atoms with Crippen LogP contribution in [0.15, 0.2) is 42.5 Å². The molecule has 1 amide bonds. The van der Waals surface area contributed by atoms with Crippen molar-refractivity contribution in [3.05, 3.63) is 53.8 Å². The summed E-state index contributed by atoms with van der Waals surface area (Å²) in [7, 11) is 3.07. The van der Waals surface area contributed by atoms with Crippen molar-refractivity contribution in [2.45, 2.75) is 12.8 Å². The first-order valence-corrected chi connectivity index (χ1v) is 7.94. The molecule has 2 aromatic carbocycles. The summed E-state index contributed by atoms with van der Waals surface area (Å²) in [5.41, 5.74) is 0.911. The van der Waals surface area contributed by atoms with Gasteiger partial charge in [0.1, 0.15) is 5.82 Å². The minimum atomic E-state index is -0.602. The summed E-state index contributed by atoms with van der Waals surface area (Å²) in [6.07, 6.45) is 0.524. The van der Waals surface area contributed by atoms with Gasteiger partial charge in [-0.25, -0.2) is 4.39 Å². The summed E-state index contributed by atoms with van der Waals surface area (Å²) in [6.45, 7) is -0.473. The number of esters is 1. The average molecular weight is 361 g/mol. The number of amides is 1. The number of anilines is 1. The van der Waals surface area contributed by atoms with Gasteiger partial charge in [-0.15, -0.1) is 0 Å². The minimum Gasteiger partial charge on any atom is -0.493 e. The van der Waals surface area contributed by atoms with Gasteiger partial charge in [-0.05, 0) is 36.2 Å². The first kappa shape index (κ1) is 19.2. The number of para-hydroxylation sites is 1. The fourth-order valence-electron chi connectivity index (χ4n) is 2.25. The predicted octanol–water partition coefficient (Wildman–Crippen LogP) is 2.96. The van der Waals surface area contributed by atoms with E-state index in [4.69, 9.17) is 14.2 Å². The maximum Gasteiger partial charge on any atom is 0.306 e. The SMILES string of the molecule is COc1ccc(CCC(=O)OCC(=O)Nc2ccccc2F)cc1OC. The van der Waals surface area contributed by atoms with Gasteiger partial charge < -0.3 is 19.5 Å². The van der Waals surface area contributed by atoms with Crippen molar-refractivity contribution in [3.8, 4) is 11.5 Å². The molecule has 0 aliphatic rings. The highest BCUT2D eigenvalue weighted by molar-refractivity contribution is 5.92. The van der Waals surface area contributed by atoms with E-state index < -0.39 is 24.3 Å². The largest absolute Gasteiger partial charge is 0.493 e. The van der Waals surface area contributed by atoms with Gasteiger partial charge in [0.25, 0.3) is 5.91 Å². The maximum atomic E-state index is 13.4. The summed E-state index contributed by atoms with van der Waals surface area (Å²) in [5.74, 6) is -0.509. The number of carbonyl (C=O) groups is 2. The highest BCUT2D eigenvalue weighted by Gasteiger charge is 2.11. The molecule has 0 bridgehead atoms. The molecule has 1 N–H and O–H groups in total. The Morgan fingerprint density at radius 2 is 1.77 bits per heavy atom. The van der Waals surface area contributed by atoms with E-state index in [1.165, 1.54) is 25.3 Å². The van der Waals surface area contributed by atoms with E-state index in [0.29, 0.717) is 17.9 Å². The lowest BCUT2D eigenvalue weighted by Gasteiger charge is -2.10. The fraction of sp³-hybridized carbons (Fsp3) is 0.263. The number of rotatable bonds is 8. The molecular formula is C19H20FNO5. The highest BCUT2D eigenvalue weighted by Crippen LogP contribution is 2.27. The summed E-state index contributed by atoms with van der Waals surface area (Å²) < 4.78 is 28.7. The smallest absolute Gasteiger partial charge is 0.306 e. The summed E-state index contributed by atoms with van der Waals surface area (Å²) >= 11 is 0. The van der Waals surface area contributed by atoms with E-state index in [1.807, 2.05) is 6.07 Å². The highest BCUT2D eigenvalue weighted by atomic mass is 19.1. The Bertz CT molecular complexity index is 778. The second kappa shape index (κ2) is 9.41. The minimum absolute atomic E-state index is 0.0406. The maximum absolute atomic E-state index is 13.4. The average Bonchev–Trinajstić information content (AvgIpc) is 2.66. The second-order valence-corrected chi connectivity index (χ2v) is 5.38. The zero-order valence-corrected chi connectivity index (χ0v) is 14.6. The molecule has 0 unspecified atom stereocenters. The summed E-state index contributed by atoms with van der Waals surface area (Å²) in [4.78, 5) is 23.5. The molecule has 0 saturated heterocycles. The first-order valence-electron chi connectivity index (χ1n) is 7.94. The zero-order chi connectivity index (χ0) is 18.9. The van der Waals surface area contributed by atoms with E-state index in [2.05, 4.69) is 5.32 Å². The third-order valence-electron chi connectivity index (χ3n) is 3.58. The number of hydrogen-bond donors (Lipinski definition) is 1. The Morgan fingerprint density at radius 3 is 2.46 bits per heavy atom. The first-order chi connectivity index (χ1) is 12.5. The summed E-state index contributed by atoms with van der Waals surface area (Å²) in [5, 5.41) is 2.35. The summed E-state index contributed by atoms with van der Waals surface area (Å²) in [6, 6.07) is 11.1. The molecule has 0 aliphatic heterocycles. The van der Waals surface area contributed by atoms with Crippen molar-refractivity contribution in [1.82, 2.24) is 0 Å². The zero-order valence-electron chi connectivity index (χ0n) is 14.6. The normalized spacial score (nSPS) is 10.1. The number of hydrogen-bond acceptors (Lipinski definition) is 5. The molecule has 2 rings (SSSR count). The van der Waals surface area contributed by atoms with Gasteiger partial charge in [-0.3, -0.25) is 9.59 Å². The molecule has 2 aromatic rings. The van der Waals surface area contributed by atoms with Gasteiger partial charge in [0.15, 0.2) is 18.1 Å². The number of halogens is 1. The third-order valence-corrected chi connectivity index (χ3v) is 3.58. The van der Waals surface area contributed by atoms with Gasteiger partial charge in [-0.1, -0.05) is 18.2 Å². The van der Waals surface area contributed by atoms with Crippen molar-refractivity contribution in [2.75, 3.05) is 26.1 Å². The second-order valence-electron chi connectivity index (χ2n) is 5.38. The van der Waals surface area contributed by atoms with Crippen molar-refractivity contribution < 1.29 is 28.2 Å². The molecule has 138 valence electrons. The van der Waals surface area contributed by atoms with Crippen LogP contribution in [0, 0.1) is 5.82 Å². The Balaban J connectivity index is 1.78. The Labute approximate surface area is 150 Å². The standard InChI is InChI=1S/C19H20FNO5/c1-24-16-9-7-13(11-17(16)25-2)8-10-19(23)26-12-18(22)21-15-6-4-3-5-14(15)20/h3-7,9,11H,8,10,12H2,1-2H3,(H,21,22). The Hall–Kier alpha value is -3.09. The molecule has 0 saturated carbocycles. The molecule has 0 fully saturated rings. The number of ether oxygens (including phenoxy) is 3. The van der Waals surface area contributed by atoms with Gasteiger partial charge >= 0.3 is 5.97 Å². The molecule has 0 radical (unpaired) electrons. The van der Waals surface area contributed by atoms with Crippen LogP contribution >= 0.6 is 0 Å². The van der Waals surface area contributed by atoms with Crippen LogP contribution in [-0.2, 0) is 20.7 Å². The number of benzene rings is 2. The van der Waals surface area contributed by atoms with Gasteiger partial charge in [0, 0.05) is 6.42 Å². The van der Waals surface area contributed by atoms with Crippen LogP contribution in [0.4, 0.5) is 10.1 Å². The molecule has 7 heteroatoms. The molecule has 0 aliphatic carbocycles. The molecule has 0 aromatic heterocycles. The molecule has 26 heavy (non-hydrogen) atoms. The van der Waals surface area contributed by atoms with Crippen LogP contribution in [0.25, 0.3) is 0 Å². The number of nitrogens with one attached hydrogen (secondary N) is 1. The lowest BCUT2D eigenvalue weighted by molar-refractivity contribution is -0.147. The third kappa shape index (κ3) is 5.47. The Morgan fingerprint density at radius 1 is 1.04 bits per heavy atom. The lowest BCUT2D eigenvalue weighted by atomic mass is 10.1. The van der Waals surface area contributed by atoms with Crippen molar-refractivity contribution in [3.63, 3.8) is 0 Å². The number of aryl methyl sites for hydroxylation is 1. The van der Waals surface area contributed by atoms with Crippen molar-refractivity contribution >= 4 is 17.6 Å². The van der Waals surface area contributed by atoms with E-state index in [-0.39, 0.29) is 12.1 Å².